The largest absolute Gasteiger partial charge is 0.478 e. The zero-order chi connectivity index (χ0) is 18.2. The van der Waals surface area contributed by atoms with Crippen LogP contribution >= 0.6 is 0 Å². The molecule has 3 rings (SSSR count). The summed E-state index contributed by atoms with van der Waals surface area (Å²) in [5, 5.41) is 8.88. The molecule has 0 radical (unpaired) electrons. The number of carboxylic acid groups (broad SMARTS) is 1. The Bertz CT molecular complexity index is 820. The van der Waals surface area contributed by atoms with Gasteiger partial charge in [0.05, 0.1) is 18.8 Å². The average Bonchev–Trinajstić information content (AvgIpc) is 2.68. The molecule has 2 aromatic carbocycles. The van der Waals surface area contributed by atoms with Crippen LogP contribution in [-0.4, -0.2) is 42.3 Å². The van der Waals surface area contributed by atoms with Crippen LogP contribution in [0, 0.1) is 11.8 Å². The molecular formula is C22H21NO3. The molecule has 2 aromatic rings. The van der Waals surface area contributed by atoms with Crippen molar-refractivity contribution >= 4 is 12.0 Å². The maximum absolute atomic E-state index is 10.8. The van der Waals surface area contributed by atoms with Crippen molar-refractivity contribution < 1.29 is 14.6 Å². The fourth-order valence-corrected chi connectivity index (χ4v) is 2.71. The van der Waals surface area contributed by atoms with Gasteiger partial charge in [-0.15, -0.1) is 0 Å². The molecule has 0 unspecified atom stereocenters. The summed E-state index contributed by atoms with van der Waals surface area (Å²) in [5.74, 6) is 5.21. The molecule has 0 amide bonds. The normalized spacial score (nSPS) is 14.8. The third kappa shape index (κ3) is 5.32. The molecule has 1 aliphatic heterocycles. The molecule has 1 heterocycles. The lowest BCUT2D eigenvalue weighted by molar-refractivity contribution is 0.0342. The number of hydrogen-bond acceptors (Lipinski definition) is 3. The smallest absolute Gasteiger partial charge is 0.335 e. The van der Waals surface area contributed by atoms with Gasteiger partial charge in [-0.1, -0.05) is 36.1 Å². The fourth-order valence-electron chi connectivity index (χ4n) is 2.71. The second-order valence-electron chi connectivity index (χ2n) is 6.12. The molecule has 0 saturated carbocycles. The number of hydrogen-bond donors (Lipinski definition) is 1. The van der Waals surface area contributed by atoms with E-state index in [1.165, 1.54) is 5.56 Å². The summed E-state index contributed by atoms with van der Waals surface area (Å²) < 4.78 is 5.37. The van der Waals surface area contributed by atoms with Gasteiger partial charge in [0, 0.05) is 25.2 Å². The van der Waals surface area contributed by atoms with E-state index in [4.69, 9.17) is 9.84 Å². The van der Waals surface area contributed by atoms with Crippen molar-refractivity contribution in [3.05, 3.63) is 76.9 Å². The maximum atomic E-state index is 10.8. The van der Waals surface area contributed by atoms with E-state index in [9.17, 15) is 4.79 Å². The van der Waals surface area contributed by atoms with Gasteiger partial charge >= 0.3 is 5.97 Å². The summed E-state index contributed by atoms with van der Waals surface area (Å²) in [6, 6.07) is 15.0. The third-order valence-corrected chi connectivity index (χ3v) is 4.20. The Morgan fingerprint density at radius 1 is 1.08 bits per heavy atom. The number of aromatic carboxylic acids is 1. The molecule has 4 heteroatoms. The van der Waals surface area contributed by atoms with Crippen molar-refractivity contribution in [3.63, 3.8) is 0 Å². The predicted molar refractivity (Wildman–Crippen MR) is 102 cm³/mol. The second kappa shape index (κ2) is 9.00. The standard InChI is InChI=1S/C22H21NO3/c24-22(25)21-11-9-19(10-12-21)4-2-1-3-18-5-7-20(8-6-18)17-23-13-15-26-16-14-23/h2,4-12H,13-17H2,(H,24,25). The Morgan fingerprint density at radius 3 is 2.42 bits per heavy atom. The van der Waals surface area contributed by atoms with Gasteiger partial charge in [-0.2, -0.15) is 0 Å². The summed E-state index contributed by atoms with van der Waals surface area (Å²) in [4.78, 5) is 13.2. The minimum absolute atomic E-state index is 0.283. The van der Waals surface area contributed by atoms with Crippen molar-refractivity contribution in [2.24, 2.45) is 0 Å². The van der Waals surface area contributed by atoms with Crippen molar-refractivity contribution in [3.8, 4) is 11.8 Å². The molecule has 1 fully saturated rings. The van der Waals surface area contributed by atoms with Crippen LogP contribution in [0.5, 0.6) is 0 Å². The first-order valence-corrected chi connectivity index (χ1v) is 8.61. The van der Waals surface area contributed by atoms with E-state index in [0.717, 1.165) is 44.0 Å². The van der Waals surface area contributed by atoms with Gasteiger partial charge in [0.1, 0.15) is 0 Å². The van der Waals surface area contributed by atoms with Gasteiger partial charge in [0.25, 0.3) is 0 Å². The third-order valence-electron chi connectivity index (χ3n) is 4.20. The van der Waals surface area contributed by atoms with Crippen LogP contribution in [0.1, 0.15) is 27.0 Å². The molecule has 0 spiro atoms. The molecule has 132 valence electrons. The number of benzene rings is 2. The molecule has 1 aliphatic rings. The van der Waals surface area contributed by atoms with E-state index in [2.05, 4.69) is 28.9 Å². The van der Waals surface area contributed by atoms with E-state index in [1.807, 2.05) is 18.2 Å². The molecular weight excluding hydrogens is 326 g/mol. The molecule has 0 bridgehead atoms. The van der Waals surface area contributed by atoms with Crippen molar-refractivity contribution in [1.82, 2.24) is 4.90 Å². The van der Waals surface area contributed by atoms with Gasteiger partial charge in [-0.3, -0.25) is 4.90 Å². The summed E-state index contributed by atoms with van der Waals surface area (Å²) in [6.45, 7) is 4.55. The minimum atomic E-state index is -0.919. The van der Waals surface area contributed by atoms with Crippen LogP contribution in [-0.2, 0) is 11.3 Å². The molecule has 4 nitrogen and oxygen atoms in total. The highest BCUT2D eigenvalue weighted by molar-refractivity contribution is 5.87. The van der Waals surface area contributed by atoms with Gasteiger partial charge in [-0.05, 0) is 47.5 Å². The highest BCUT2D eigenvalue weighted by Gasteiger charge is 2.10. The van der Waals surface area contributed by atoms with Gasteiger partial charge < -0.3 is 9.84 Å². The summed E-state index contributed by atoms with van der Waals surface area (Å²) in [6.07, 6.45) is 3.64. The summed E-state index contributed by atoms with van der Waals surface area (Å²) >= 11 is 0. The topological polar surface area (TPSA) is 49.8 Å². The van der Waals surface area contributed by atoms with Gasteiger partial charge in [-0.25, -0.2) is 4.79 Å². The molecule has 1 saturated heterocycles. The van der Waals surface area contributed by atoms with E-state index < -0.39 is 5.97 Å². The highest BCUT2D eigenvalue weighted by atomic mass is 16.5. The first kappa shape index (κ1) is 17.9. The zero-order valence-corrected chi connectivity index (χ0v) is 14.5. The van der Waals surface area contributed by atoms with Crippen molar-refractivity contribution in [2.75, 3.05) is 26.3 Å². The number of allylic oxidation sites excluding steroid dienone is 1. The maximum Gasteiger partial charge on any atom is 0.335 e. The highest BCUT2D eigenvalue weighted by Crippen LogP contribution is 2.09. The number of carbonyl (C=O) groups is 1. The Kier molecular flexibility index (Phi) is 6.21. The Labute approximate surface area is 153 Å². The Hall–Kier alpha value is -2.87. The first-order chi connectivity index (χ1) is 12.7. The van der Waals surface area contributed by atoms with Crippen LogP contribution in [0.15, 0.2) is 54.6 Å². The predicted octanol–water partition coefficient (Wildman–Crippen LogP) is 3.28. The lowest BCUT2D eigenvalue weighted by atomic mass is 10.1. The summed E-state index contributed by atoms with van der Waals surface area (Å²) in [5.41, 5.74) is 3.46. The van der Waals surface area contributed by atoms with Crippen molar-refractivity contribution in [1.29, 1.82) is 0 Å². The SMILES string of the molecule is O=C(O)c1ccc(C=CC#Cc2ccc(CN3CCOCC3)cc2)cc1. The number of rotatable bonds is 4. The number of nitrogens with zero attached hydrogens (tertiary/aromatic N) is 1. The van der Waals surface area contributed by atoms with Crippen LogP contribution in [0.2, 0.25) is 0 Å². The van der Waals surface area contributed by atoms with Crippen LogP contribution in [0.4, 0.5) is 0 Å². The average molecular weight is 347 g/mol. The number of morpholine rings is 1. The molecule has 0 aliphatic carbocycles. The lowest BCUT2D eigenvalue weighted by Crippen LogP contribution is -2.35. The molecule has 26 heavy (non-hydrogen) atoms. The van der Waals surface area contributed by atoms with Crippen LogP contribution in [0.25, 0.3) is 6.08 Å². The van der Waals surface area contributed by atoms with E-state index in [1.54, 1.807) is 30.3 Å². The quantitative estimate of drug-likeness (QED) is 0.863. The monoisotopic (exact) mass is 347 g/mol. The van der Waals surface area contributed by atoms with Gasteiger partial charge in [0.15, 0.2) is 0 Å². The Balaban J connectivity index is 1.54. The van der Waals surface area contributed by atoms with Crippen LogP contribution < -0.4 is 0 Å². The zero-order valence-electron chi connectivity index (χ0n) is 14.5. The summed E-state index contributed by atoms with van der Waals surface area (Å²) in [7, 11) is 0. The molecule has 1 N–H and O–H groups in total. The lowest BCUT2D eigenvalue weighted by Gasteiger charge is -2.26. The van der Waals surface area contributed by atoms with E-state index in [-0.39, 0.29) is 5.56 Å². The fraction of sp³-hybridized carbons (Fsp3) is 0.227. The van der Waals surface area contributed by atoms with Crippen molar-refractivity contribution in [2.45, 2.75) is 6.54 Å². The second-order valence-corrected chi connectivity index (χ2v) is 6.12. The number of carboxylic acids is 1. The number of ether oxygens (including phenoxy) is 1. The Morgan fingerprint density at radius 2 is 1.77 bits per heavy atom. The molecule has 0 aromatic heterocycles. The molecule has 0 atom stereocenters. The van der Waals surface area contributed by atoms with E-state index >= 15 is 0 Å². The minimum Gasteiger partial charge on any atom is -0.478 e. The first-order valence-electron chi connectivity index (χ1n) is 8.61. The van der Waals surface area contributed by atoms with Gasteiger partial charge in [0.2, 0.25) is 0 Å². The van der Waals surface area contributed by atoms with E-state index in [0.29, 0.717) is 0 Å². The van der Waals surface area contributed by atoms with Crippen LogP contribution in [0.3, 0.4) is 0 Å².